The van der Waals surface area contributed by atoms with Crippen molar-refractivity contribution in [1.82, 2.24) is 0 Å². The first-order valence-corrected chi connectivity index (χ1v) is 6.59. The van der Waals surface area contributed by atoms with Crippen LogP contribution in [0.3, 0.4) is 0 Å². The molecule has 0 bridgehead atoms. The number of fused-ring (bicyclic) bond motifs is 1. The van der Waals surface area contributed by atoms with Gasteiger partial charge in [0.2, 0.25) is 0 Å². The van der Waals surface area contributed by atoms with Gasteiger partial charge in [-0.05, 0) is 35.6 Å². The average Bonchev–Trinajstić information content (AvgIpc) is 2.73. The SMILES string of the molecule is CCC(C(C)C)C1CNc2ccc(OC)cc21. The zero-order valence-corrected chi connectivity index (χ0v) is 11.3. The molecule has 94 valence electrons. The zero-order chi connectivity index (χ0) is 12.4. The van der Waals surface area contributed by atoms with E-state index in [-0.39, 0.29) is 0 Å². The molecule has 0 aliphatic carbocycles. The Kier molecular flexibility index (Phi) is 3.60. The maximum Gasteiger partial charge on any atom is 0.119 e. The minimum atomic E-state index is 0.630. The molecule has 0 spiro atoms. The van der Waals surface area contributed by atoms with Gasteiger partial charge in [0.05, 0.1) is 7.11 Å². The van der Waals surface area contributed by atoms with Crippen LogP contribution in [0.4, 0.5) is 5.69 Å². The van der Waals surface area contributed by atoms with Crippen molar-refractivity contribution < 1.29 is 4.74 Å². The first-order valence-electron chi connectivity index (χ1n) is 6.59. The topological polar surface area (TPSA) is 21.3 Å². The van der Waals surface area contributed by atoms with E-state index in [0.29, 0.717) is 5.92 Å². The van der Waals surface area contributed by atoms with Gasteiger partial charge in [0.15, 0.2) is 0 Å². The smallest absolute Gasteiger partial charge is 0.119 e. The van der Waals surface area contributed by atoms with E-state index < -0.39 is 0 Å². The molecule has 1 aromatic rings. The van der Waals surface area contributed by atoms with Crippen LogP contribution in [-0.4, -0.2) is 13.7 Å². The van der Waals surface area contributed by atoms with Gasteiger partial charge in [-0.15, -0.1) is 0 Å². The molecule has 0 aromatic heterocycles. The Morgan fingerprint density at radius 2 is 2.18 bits per heavy atom. The summed E-state index contributed by atoms with van der Waals surface area (Å²) < 4.78 is 5.33. The highest BCUT2D eigenvalue weighted by Crippen LogP contribution is 2.42. The Morgan fingerprint density at radius 3 is 2.76 bits per heavy atom. The third kappa shape index (κ3) is 2.26. The Labute approximate surface area is 104 Å². The molecule has 2 heteroatoms. The molecule has 0 radical (unpaired) electrons. The Bertz CT molecular complexity index is 387. The Morgan fingerprint density at radius 1 is 1.41 bits per heavy atom. The van der Waals surface area contributed by atoms with Crippen LogP contribution in [0.15, 0.2) is 18.2 Å². The van der Waals surface area contributed by atoms with Crippen molar-refractivity contribution in [2.75, 3.05) is 19.0 Å². The third-order valence-electron chi connectivity index (χ3n) is 4.02. The molecule has 0 amide bonds. The molecule has 1 aliphatic heterocycles. The summed E-state index contributed by atoms with van der Waals surface area (Å²) in [5, 5.41) is 3.52. The minimum absolute atomic E-state index is 0.630. The molecular weight excluding hydrogens is 210 g/mol. The maximum atomic E-state index is 5.33. The van der Waals surface area contributed by atoms with Gasteiger partial charge in [-0.2, -0.15) is 0 Å². The summed E-state index contributed by atoms with van der Waals surface area (Å²) in [6.07, 6.45) is 1.24. The molecule has 1 heterocycles. The van der Waals surface area contributed by atoms with E-state index in [0.717, 1.165) is 24.1 Å². The molecule has 2 unspecified atom stereocenters. The highest BCUT2D eigenvalue weighted by atomic mass is 16.5. The third-order valence-corrected chi connectivity index (χ3v) is 4.02. The van der Waals surface area contributed by atoms with E-state index in [4.69, 9.17) is 4.74 Å². The van der Waals surface area contributed by atoms with Crippen molar-refractivity contribution in [2.24, 2.45) is 11.8 Å². The fraction of sp³-hybridized carbons (Fsp3) is 0.600. The molecule has 1 aromatic carbocycles. The lowest BCUT2D eigenvalue weighted by molar-refractivity contribution is 0.321. The van der Waals surface area contributed by atoms with Gasteiger partial charge >= 0.3 is 0 Å². The fourth-order valence-corrected chi connectivity index (χ4v) is 3.07. The van der Waals surface area contributed by atoms with Crippen LogP contribution in [0.5, 0.6) is 5.75 Å². The van der Waals surface area contributed by atoms with Crippen LogP contribution in [0.2, 0.25) is 0 Å². The highest BCUT2D eigenvalue weighted by Gasteiger charge is 2.30. The number of ether oxygens (including phenoxy) is 1. The molecule has 2 rings (SSSR count). The number of methoxy groups -OCH3 is 1. The van der Waals surface area contributed by atoms with E-state index in [9.17, 15) is 0 Å². The number of rotatable bonds is 4. The first-order chi connectivity index (χ1) is 8.17. The molecule has 1 aliphatic rings. The highest BCUT2D eigenvalue weighted by molar-refractivity contribution is 5.60. The maximum absolute atomic E-state index is 5.33. The van der Waals surface area contributed by atoms with Crippen molar-refractivity contribution in [3.05, 3.63) is 23.8 Å². The van der Waals surface area contributed by atoms with Gasteiger partial charge in [0.1, 0.15) is 5.75 Å². The summed E-state index contributed by atoms with van der Waals surface area (Å²) in [6, 6.07) is 6.37. The summed E-state index contributed by atoms with van der Waals surface area (Å²) in [5.41, 5.74) is 2.72. The van der Waals surface area contributed by atoms with E-state index in [2.05, 4.69) is 38.2 Å². The zero-order valence-electron chi connectivity index (χ0n) is 11.3. The predicted molar refractivity (Wildman–Crippen MR) is 72.8 cm³/mol. The number of hydrogen-bond acceptors (Lipinski definition) is 2. The summed E-state index contributed by atoms with van der Waals surface area (Å²) in [4.78, 5) is 0. The number of anilines is 1. The quantitative estimate of drug-likeness (QED) is 0.852. The number of nitrogens with one attached hydrogen (secondary N) is 1. The monoisotopic (exact) mass is 233 g/mol. The van der Waals surface area contributed by atoms with Crippen molar-refractivity contribution in [3.8, 4) is 5.75 Å². The van der Waals surface area contributed by atoms with Crippen LogP contribution < -0.4 is 10.1 Å². The van der Waals surface area contributed by atoms with Gasteiger partial charge in [0.25, 0.3) is 0 Å². The molecule has 2 nitrogen and oxygen atoms in total. The van der Waals surface area contributed by atoms with Gasteiger partial charge in [0, 0.05) is 18.2 Å². The standard InChI is InChI=1S/C15H23NO/c1-5-12(10(2)3)14-9-16-15-7-6-11(17-4)8-13(14)15/h6-8,10,12,14,16H,5,9H2,1-4H3. The summed E-state index contributed by atoms with van der Waals surface area (Å²) >= 11 is 0. The second-order valence-electron chi connectivity index (χ2n) is 5.26. The molecule has 2 atom stereocenters. The van der Waals surface area contributed by atoms with Crippen LogP contribution in [-0.2, 0) is 0 Å². The molecular formula is C15H23NO. The van der Waals surface area contributed by atoms with Crippen molar-refractivity contribution in [3.63, 3.8) is 0 Å². The molecule has 17 heavy (non-hydrogen) atoms. The van der Waals surface area contributed by atoms with Gasteiger partial charge < -0.3 is 10.1 Å². The van der Waals surface area contributed by atoms with E-state index >= 15 is 0 Å². The van der Waals surface area contributed by atoms with Crippen molar-refractivity contribution in [2.45, 2.75) is 33.1 Å². The molecule has 1 N–H and O–H groups in total. The average molecular weight is 233 g/mol. The van der Waals surface area contributed by atoms with Gasteiger partial charge in [-0.1, -0.05) is 27.2 Å². The van der Waals surface area contributed by atoms with Gasteiger partial charge in [-0.25, -0.2) is 0 Å². The molecule has 0 saturated heterocycles. The molecule has 0 saturated carbocycles. The van der Waals surface area contributed by atoms with Crippen LogP contribution >= 0.6 is 0 Å². The minimum Gasteiger partial charge on any atom is -0.497 e. The fourth-order valence-electron chi connectivity index (χ4n) is 3.07. The Balaban J connectivity index is 2.31. The second kappa shape index (κ2) is 4.99. The summed E-state index contributed by atoms with van der Waals surface area (Å²) in [6.45, 7) is 8.01. The lowest BCUT2D eigenvalue weighted by Crippen LogP contribution is -2.19. The number of benzene rings is 1. The van der Waals surface area contributed by atoms with Crippen molar-refractivity contribution in [1.29, 1.82) is 0 Å². The summed E-state index contributed by atoms with van der Waals surface area (Å²) in [7, 11) is 1.73. The second-order valence-corrected chi connectivity index (χ2v) is 5.26. The van der Waals surface area contributed by atoms with Crippen LogP contribution in [0, 0.1) is 11.8 Å². The first kappa shape index (κ1) is 12.3. The van der Waals surface area contributed by atoms with Crippen LogP contribution in [0.1, 0.15) is 38.7 Å². The number of hydrogen-bond donors (Lipinski definition) is 1. The van der Waals surface area contributed by atoms with Gasteiger partial charge in [-0.3, -0.25) is 0 Å². The van der Waals surface area contributed by atoms with E-state index in [1.54, 1.807) is 7.11 Å². The normalized spacial score (nSPS) is 19.9. The lowest BCUT2D eigenvalue weighted by atomic mass is 9.79. The molecule has 0 fully saturated rings. The van der Waals surface area contributed by atoms with Crippen molar-refractivity contribution >= 4 is 5.69 Å². The predicted octanol–water partition coefficient (Wildman–Crippen LogP) is 3.89. The van der Waals surface area contributed by atoms with Crippen LogP contribution in [0.25, 0.3) is 0 Å². The lowest BCUT2D eigenvalue weighted by Gasteiger charge is -2.26. The van der Waals surface area contributed by atoms with E-state index in [1.165, 1.54) is 17.7 Å². The largest absolute Gasteiger partial charge is 0.497 e. The van der Waals surface area contributed by atoms with E-state index in [1.807, 2.05) is 6.07 Å². The Hall–Kier alpha value is -1.18. The summed E-state index contributed by atoms with van der Waals surface area (Å²) in [5.74, 6) is 3.07.